The predicted molar refractivity (Wildman–Crippen MR) is 94.0 cm³/mol. The molecule has 2 amide bonds. The van der Waals surface area contributed by atoms with Gasteiger partial charge in [0.2, 0.25) is 0 Å². The number of benzene rings is 2. The maximum Gasteiger partial charge on any atom is 0.319 e. The van der Waals surface area contributed by atoms with Gasteiger partial charge in [-0.15, -0.1) is 0 Å². The molecule has 1 saturated heterocycles. The van der Waals surface area contributed by atoms with Crippen molar-refractivity contribution in [2.45, 2.75) is 18.9 Å². The molecule has 2 N–H and O–H groups in total. The lowest BCUT2D eigenvalue weighted by atomic mass is 10.2. The lowest BCUT2D eigenvalue weighted by molar-refractivity contribution is 0.112. The molecule has 2 aromatic rings. The van der Waals surface area contributed by atoms with E-state index in [1.54, 1.807) is 18.2 Å². The summed E-state index contributed by atoms with van der Waals surface area (Å²) in [6, 6.07) is 14.1. The van der Waals surface area contributed by atoms with Gasteiger partial charge in [0.25, 0.3) is 0 Å². The van der Waals surface area contributed by atoms with Gasteiger partial charge in [0, 0.05) is 18.2 Å². The Morgan fingerprint density at radius 2 is 2.08 bits per heavy atom. The normalized spacial score (nSPS) is 16.6. The molecule has 0 aromatic heterocycles. The van der Waals surface area contributed by atoms with Gasteiger partial charge in [0.15, 0.2) is 5.75 Å². The zero-order chi connectivity index (χ0) is 16.8. The number of halogens is 1. The van der Waals surface area contributed by atoms with Crippen molar-refractivity contribution in [1.29, 1.82) is 0 Å². The molecule has 1 aliphatic heterocycles. The van der Waals surface area contributed by atoms with E-state index < -0.39 is 0 Å². The molecule has 1 heterocycles. The van der Waals surface area contributed by atoms with E-state index in [0.717, 1.165) is 19.4 Å². The van der Waals surface area contributed by atoms with Crippen molar-refractivity contribution in [2.75, 3.05) is 18.5 Å². The summed E-state index contributed by atoms with van der Waals surface area (Å²) in [6.07, 6.45) is 2.10. The molecule has 0 spiro atoms. The smallest absolute Gasteiger partial charge is 0.319 e. The highest BCUT2D eigenvalue weighted by atomic mass is 35.5. The Morgan fingerprint density at radius 3 is 2.83 bits per heavy atom. The Morgan fingerprint density at radius 1 is 1.25 bits per heavy atom. The number of hydrogen-bond donors (Lipinski definition) is 2. The second-order valence-corrected chi connectivity index (χ2v) is 5.96. The van der Waals surface area contributed by atoms with Crippen LogP contribution in [0.1, 0.15) is 12.8 Å². The van der Waals surface area contributed by atoms with Crippen LogP contribution >= 0.6 is 11.6 Å². The standard InChI is InChI=1S/C18H19ClN2O3/c19-13-8-9-17(24-14-5-2-1-3-6-14)16(11-13)21-18(22)20-12-15-7-4-10-23-15/h1-3,5-6,8-9,11,15H,4,7,10,12H2,(H2,20,21,22). The van der Waals surface area contributed by atoms with Crippen LogP contribution in [0.25, 0.3) is 0 Å². The summed E-state index contributed by atoms with van der Waals surface area (Å²) in [6.45, 7) is 1.25. The van der Waals surface area contributed by atoms with E-state index in [1.165, 1.54) is 0 Å². The molecule has 0 radical (unpaired) electrons. The zero-order valence-electron chi connectivity index (χ0n) is 13.1. The summed E-state index contributed by atoms with van der Waals surface area (Å²) in [7, 11) is 0. The third-order valence-electron chi connectivity index (χ3n) is 3.68. The van der Waals surface area contributed by atoms with Crippen LogP contribution in [0.2, 0.25) is 5.02 Å². The zero-order valence-corrected chi connectivity index (χ0v) is 13.9. The average molecular weight is 347 g/mol. The summed E-state index contributed by atoms with van der Waals surface area (Å²) in [5.41, 5.74) is 0.510. The number of urea groups is 1. The van der Waals surface area contributed by atoms with Gasteiger partial charge in [-0.05, 0) is 43.2 Å². The fourth-order valence-corrected chi connectivity index (χ4v) is 2.65. The molecule has 0 saturated carbocycles. The molecule has 0 bridgehead atoms. The monoisotopic (exact) mass is 346 g/mol. The van der Waals surface area contributed by atoms with Crippen LogP contribution in [0, 0.1) is 0 Å². The predicted octanol–water partition coefficient (Wildman–Crippen LogP) is 4.43. The highest BCUT2D eigenvalue weighted by Gasteiger charge is 2.17. The largest absolute Gasteiger partial charge is 0.455 e. The van der Waals surface area contributed by atoms with Crippen molar-refractivity contribution in [3.05, 3.63) is 53.6 Å². The topological polar surface area (TPSA) is 59.6 Å². The fraction of sp³-hybridized carbons (Fsp3) is 0.278. The molecule has 1 atom stereocenters. The minimum Gasteiger partial charge on any atom is -0.455 e. The van der Waals surface area contributed by atoms with Gasteiger partial charge in [-0.25, -0.2) is 4.79 Å². The van der Waals surface area contributed by atoms with Crippen molar-refractivity contribution in [3.63, 3.8) is 0 Å². The van der Waals surface area contributed by atoms with Crippen LogP contribution in [-0.4, -0.2) is 25.3 Å². The first-order valence-electron chi connectivity index (χ1n) is 7.89. The lowest BCUT2D eigenvalue weighted by Crippen LogP contribution is -2.35. The van der Waals surface area contributed by atoms with Gasteiger partial charge in [-0.3, -0.25) is 0 Å². The van der Waals surface area contributed by atoms with Crippen LogP contribution in [0.15, 0.2) is 48.5 Å². The van der Waals surface area contributed by atoms with Crippen molar-refractivity contribution in [1.82, 2.24) is 5.32 Å². The number of carbonyl (C=O) groups excluding carboxylic acids is 1. The van der Waals surface area contributed by atoms with Crippen molar-refractivity contribution < 1.29 is 14.3 Å². The van der Waals surface area contributed by atoms with E-state index in [1.807, 2.05) is 30.3 Å². The van der Waals surface area contributed by atoms with E-state index in [-0.39, 0.29) is 12.1 Å². The molecule has 1 aliphatic rings. The third kappa shape index (κ3) is 4.63. The molecule has 126 valence electrons. The van der Waals surface area contributed by atoms with Crippen molar-refractivity contribution >= 4 is 23.3 Å². The molecule has 24 heavy (non-hydrogen) atoms. The van der Waals surface area contributed by atoms with E-state index >= 15 is 0 Å². The van der Waals surface area contributed by atoms with E-state index in [0.29, 0.717) is 28.8 Å². The van der Waals surface area contributed by atoms with Crippen LogP contribution in [-0.2, 0) is 4.74 Å². The van der Waals surface area contributed by atoms with Gasteiger partial charge >= 0.3 is 6.03 Å². The number of ether oxygens (including phenoxy) is 2. The first kappa shape index (κ1) is 16.6. The number of para-hydroxylation sites is 1. The summed E-state index contributed by atoms with van der Waals surface area (Å²) >= 11 is 6.04. The minimum absolute atomic E-state index is 0.0927. The Hall–Kier alpha value is -2.24. The van der Waals surface area contributed by atoms with Gasteiger partial charge < -0.3 is 20.1 Å². The molecule has 2 aromatic carbocycles. The fourth-order valence-electron chi connectivity index (χ4n) is 2.48. The maximum atomic E-state index is 12.1. The Labute approximate surface area is 145 Å². The highest BCUT2D eigenvalue weighted by Crippen LogP contribution is 2.31. The average Bonchev–Trinajstić information content (AvgIpc) is 3.10. The molecule has 1 fully saturated rings. The minimum atomic E-state index is -0.314. The Kier molecular flexibility index (Phi) is 5.56. The number of carbonyl (C=O) groups is 1. The number of rotatable bonds is 5. The number of hydrogen-bond acceptors (Lipinski definition) is 3. The summed E-state index contributed by atoms with van der Waals surface area (Å²) in [4.78, 5) is 12.1. The highest BCUT2D eigenvalue weighted by molar-refractivity contribution is 6.31. The molecule has 5 nitrogen and oxygen atoms in total. The van der Waals surface area contributed by atoms with Crippen LogP contribution in [0.4, 0.5) is 10.5 Å². The molecule has 3 rings (SSSR count). The first-order valence-corrected chi connectivity index (χ1v) is 8.27. The SMILES string of the molecule is O=C(NCC1CCCO1)Nc1cc(Cl)ccc1Oc1ccccc1. The maximum absolute atomic E-state index is 12.1. The van der Waals surface area contributed by atoms with Crippen molar-refractivity contribution in [3.8, 4) is 11.5 Å². The van der Waals surface area contributed by atoms with Crippen LogP contribution in [0.5, 0.6) is 11.5 Å². The quantitative estimate of drug-likeness (QED) is 0.841. The molecule has 6 heteroatoms. The second kappa shape index (κ2) is 8.04. The molecule has 0 aliphatic carbocycles. The first-order chi connectivity index (χ1) is 11.7. The number of nitrogens with one attached hydrogen (secondary N) is 2. The number of anilines is 1. The van der Waals surface area contributed by atoms with Gasteiger partial charge in [-0.1, -0.05) is 29.8 Å². The van der Waals surface area contributed by atoms with Crippen LogP contribution < -0.4 is 15.4 Å². The number of amides is 2. The Balaban J connectivity index is 1.64. The lowest BCUT2D eigenvalue weighted by Gasteiger charge is -2.15. The summed E-state index contributed by atoms with van der Waals surface area (Å²) in [5, 5.41) is 6.11. The van der Waals surface area contributed by atoms with Crippen LogP contribution in [0.3, 0.4) is 0 Å². The van der Waals surface area contributed by atoms with E-state index in [9.17, 15) is 4.79 Å². The third-order valence-corrected chi connectivity index (χ3v) is 3.91. The molecule has 1 unspecified atom stereocenters. The van der Waals surface area contributed by atoms with E-state index in [2.05, 4.69) is 10.6 Å². The van der Waals surface area contributed by atoms with Gasteiger partial charge in [0.1, 0.15) is 5.75 Å². The molecular formula is C18H19ClN2O3. The van der Waals surface area contributed by atoms with Gasteiger partial charge in [0.05, 0.1) is 11.8 Å². The second-order valence-electron chi connectivity index (χ2n) is 5.53. The summed E-state index contributed by atoms with van der Waals surface area (Å²) in [5.74, 6) is 1.21. The molecular weight excluding hydrogens is 328 g/mol. The van der Waals surface area contributed by atoms with E-state index in [4.69, 9.17) is 21.1 Å². The Bertz CT molecular complexity index is 688. The van der Waals surface area contributed by atoms with Crippen molar-refractivity contribution in [2.24, 2.45) is 0 Å². The van der Waals surface area contributed by atoms with Gasteiger partial charge in [-0.2, -0.15) is 0 Å². The summed E-state index contributed by atoms with van der Waals surface area (Å²) < 4.78 is 11.3.